The number of aromatic hydroxyl groups is 1. The van der Waals surface area contributed by atoms with Crippen LogP contribution in [0.1, 0.15) is 12.0 Å². The molecule has 1 aliphatic rings. The Morgan fingerprint density at radius 3 is 3.00 bits per heavy atom. The molecule has 1 heterocycles. The van der Waals surface area contributed by atoms with Crippen LogP contribution in [-0.2, 0) is 9.59 Å². The molecule has 0 spiro atoms. The van der Waals surface area contributed by atoms with Crippen molar-refractivity contribution in [2.24, 2.45) is 10.2 Å². The number of carbonyl (C=O) groups is 2. The second-order valence-corrected chi connectivity index (χ2v) is 5.67. The lowest BCUT2D eigenvalue weighted by Gasteiger charge is -1.98. The van der Waals surface area contributed by atoms with E-state index in [2.05, 4.69) is 15.5 Å². The number of phenolic OH excluding ortho intramolecular Hbond substituents is 1. The highest BCUT2D eigenvalue weighted by Crippen LogP contribution is 2.23. The Hall–Kier alpha value is -2.06. The molecule has 1 saturated heterocycles. The minimum Gasteiger partial charge on any atom is -0.507 e. The molecular formula is C12H10ClN3O4S. The molecule has 1 aromatic rings. The second-order valence-electron chi connectivity index (χ2n) is 4.05. The van der Waals surface area contributed by atoms with E-state index < -0.39 is 17.1 Å². The molecule has 1 aliphatic heterocycles. The van der Waals surface area contributed by atoms with E-state index in [1.165, 1.54) is 24.4 Å². The number of amidine groups is 1. The molecule has 9 heteroatoms. The molecular weight excluding hydrogens is 318 g/mol. The summed E-state index contributed by atoms with van der Waals surface area (Å²) >= 11 is 6.78. The summed E-state index contributed by atoms with van der Waals surface area (Å²) in [7, 11) is 0. The number of halogens is 1. The summed E-state index contributed by atoms with van der Waals surface area (Å²) in [4.78, 5) is 22.0. The van der Waals surface area contributed by atoms with E-state index in [0.29, 0.717) is 10.6 Å². The first-order valence-corrected chi connectivity index (χ1v) is 7.00. The van der Waals surface area contributed by atoms with Gasteiger partial charge in [-0.05, 0) is 18.2 Å². The fourth-order valence-corrected chi connectivity index (χ4v) is 2.61. The van der Waals surface area contributed by atoms with Crippen LogP contribution in [0.15, 0.2) is 28.4 Å². The highest BCUT2D eigenvalue weighted by Gasteiger charge is 2.32. The Morgan fingerprint density at radius 2 is 2.29 bits per heavy atom. The van der Waals surface area contributed by atoms with Gasteiger partial charge in [0.05, 0.1) is 12.6 Å². The number of carboxylic acid groups (broad SMARTS) is 1. The second kappa shape index (κ2) is 6.59. The molecule has 7 nitrogen and oxygen atoms in total. The molecule has 0 aliphatic carbocycles. The van der Waals surface area contributed by atoms with Gasteiger partial charge in [0.15, 0.2) is 5.17 Å². The van der Waals surface area contributed by atoms with Crippen molar-refractivity contribution in [1.82, 2.24) is 5.32 Å². The van der Waals surface area contributed by atoms with E-state index >= 15 is 0 Å². The van der Waals surface area contributed by atoms with Crippen LogP contribution in [0.25, 0.3) is 0 Å². The maximum Gasteiger partial charge on any atom is 0.305 e. The van der Waals surface area contributed by atoms with Gasteiger partial charge in [0.2, 0.25) is 5.91 Å². The first kappa shape index (κ1) is 15.3. The van der Waals surface area contributed by atoms with Gasteiger partial charge in [0, 0.05) is 10.6 Å². The summed E-state index contributed by atoms with van der Waals surface area (Å²) in [5, 5.41) is 28.1. The average molecular weight is 328 g/mol. The Balaban J connectivity index is 2.05. The van der Waals surface area contributed by atoms with Crippen molar-refractivity contribution < 1.29 is 19.8 Å². The summed E-state index contributed by atoms with van der Waals surface area (Å²) in [6.07, 6.45) is 1.000. The number of carboxylic acids is 1. The van der Waals surface area contributed by atoms with Crippen molar-refractivity contribution in [2.45, 2.75) is 11.7 Å². The number of hydrogen-bond donors (Lipinski definition) is 3. The van der Waals surface area contributed by atoms with Crippen LogP contribution >= 0.6 is 23.4 Å². The fraction of sp³-hybridized carbons (Fsp3) is 0.167. The molecule has 0 aromatic heterocycles. The van der Waals surface area contributed by atoms with Crippen LogP contribution in [0.2, 0.25) is 5.02 Å². The van der Waals surface area contributed by atoms with Crippen LogP contribution in [0.5, 0.6) is 5.75 Å². The van der Waals surface area contributed by atoms with Gasteiger partial charge >= 0.3 is 5.97 Å². The normalized spacial score (nSPS) is 20.1. The Morgan fingerprint density at radius 1 is 1.52 bits per heavy atom. The summed E-state index contributed by atoms with van der Waals surface area (Å²) in [5.74, 6) is -1.48. The zero-order chi connectivity index (χ0) is 15.4. The number of thioether (sulfide) groups is 1. The van der Waals surface area contributed by atoms with Gasteiger partial charge in [0.1, 0.15) is 11.0 Å². The van der Waals surface area contributed by atoms with E-state index in [9.17, 15) is 14.7 Å². The minimum absolute atomic E-state index is 0.00443. The smallest absolute Gasteiger partial charge is 0.305 e. The lowest BCUT2D eigenvalue weighted by atomic mass is 10.2. The topological polar surface area (TPSA) is 111 Å². The molecule has 2 rings (SSSR count). The Labute approximate surface area is 128 Å². The monoisotopic (exact) mass is 327 g/mol. The van der Waals surface area contributed by atoms with Gasteiger partial charge < -0.3 is 15.5 Å². The largest absolute Gasteiger partial charge is 0.507 e. The number of nitrogens with zero attached hydrogens (tertiary/aromatic N) is 2. The van der Waals surface area contributed by atoms with Crippen LogP contribution in [-0.4, -0.2) is 38.7 Å². The van der Waals surface area contributed by atoms with E-state index in [1.807, 2.05) is 0 Å². The predicted octanol–water partition coefficient (Wildman–Crippen LogP) is 1.44. The predicted molar refractivity (Wildman–Crippen MR) is 79.9 cm³/mol. The van der Waals surface area contributed by atoms with Gasteiger partial charge in [-0.25, -0.2) is 0 Å². The maximum absolute atomic E-state index is 11.5. The van der Waals surface area contributed by atoms with Crippen LogP contribution in [0, 0.1) is 0 Å². The molecule has 0 bridgehead atoms. The molecule has 1 fully saturated rings. The van der Waals surface area contributed by atoms with Crippen LogP contribution < -0.4 is 5.32 Å². The summed E-state index contributed by atoms with van der Waals surface area (Å²) < 4.78 is 0. The van der Waals surface area contributed by atoms with Crippen molar-refractivity contribution in [3.63, 3.8) is 0 Å². The van der Waals surface area contributed by atoms with Gasteiger partial charge in [-0.15, -0.1) is 5.10 Å². The van der Waals surface area contributed by atoms with Crippen molar-refractivity contribution in [3.05, 3.63) is 28.8 Å². The number of phenols is 1. The number of benzene rings is 1. The molecule has 21 heavy (non-hydrogen) atoms. The van der Waals surface area contributed by atoms with E-state index in [4.69, 9.17) is 16.7 Å². The molecule has 0 saturated carbocycles. The first-order valence-electron chi connectivity index (χ1n) is 5.74. The Kier molecular flexibility index (Phi) is 4.81. The third-order valence-corrected chi connectivity index (χ3v) is 3.78. The van der Waals surface area contributed by atoms with Crippen molar-refractivity contribution in [2.75, 3.05) is 0 Å². The van der Waals surface area contributed by atoms with Gasteiger partial charge in [0.25, 0.3) is 0 Å². The molecule has 1 amide bonds. The van der Waals surface area contributed by atoms with Gasteiger partial charge in [-0.2, -0.15) is 5.10 Å². The van der Waals surface area contributed by atoms with E-state index in [-0.39, 0.29) is 17.3 Å². The zero-order valence-corrected chi connectivity index (χ0v) is 12.1. The third kappa shape index (κ3) is 4.20. The number of amides is 1. The molecule has 0 unspecified atom stereocenters. The highest BCUT2D eigenvalue weighted by molar-refractivity contribution is 8.15. The lowest BCUT2D eigenvalue weighted by Crippen LogP contribution is -2.26. The summed E-state index contributed by atoms with van der Waals surface area (Å²) in [6.45, 7) is 0. The number of nitrogens with one attached hydrogen (secondary N) is 1. The number of carbonyl (C=O) groups excluding carboxylic acids is 1. The molecule has 110 valence electrons. The average Bonchev–Trinajstić information content (AvgIpc) is 2.73. The van der Waals surface area contributed by atoms with Crippen molar-refractivity contribution in [1.29, 1.82) is 0 Å². The maximum atomic E-state index is 11.5. The first-order chi connectivity index (χ1) is 9.95. The minimum atomic E-state index is -1.06. The molecule has 0 radical (unpaired) electrons. The van der Waals surface area contributed by atoms with Gasteiger partial charge in [-0.1, -0.05) is 23.4 Å². The number of hydrogen-bond acceptors (Lipinski definition) is 6. The Bertz CT molecular complexity index is 647. The van der Waals surface area contributed by atoms with E-state index in [0.717, 1.165) is 11.8 Å². The third-order valence-electron chi connectivity index (χ3n) is 2.47. The highest BCUT2D eigenvalue weighted by atomic mass is 35.5. The molecule has 1 aromatic carbocycles. The van der Waals surface area contributed by atoms with Crippen molar-refractivity contribution in [3.8, 4) is 5.75 Å². The van der Waals surface area contributed by atoms with Crippen LogP contribution in [0.4, 0.5) is 0 Å². The summed E-state index contributed by atoms with van der Waals surface area (Å²) in [6, 6.07) is 4.46. The zero-order valence-electron chi connectivity index (χ0n) is 10.5. The number of aliphatic carboxylic acids is 1. The number of rotatable bonds is 4. The SMILES string of the molecule is O=C(O)C[C@H]1S/C(=N\N=C/c2cc(Cl)ccc2O)NC1=O. The summed E-state index contributed by atoms with van der Waals surface area (Å²) in [5.41, 5.74) is 0.378. The van der Waals surface area contributed by atoms with Crippen LogP contribution in [0.3, 0.4) is 0 Å². The van der Waals surface area contributed by atoms with E-state index in [1.54, 1.807) is 0 Å². The molecule has 1 atom stereocenters. The quantitative estimate of drug-likeness (QED) is 0.572. The van der Waals surface area contributed by atoms with Gasteiger partial charge in [-0.3, -0.25) is 9.59 Å². The van der Waals surface area contributed by atoms with Crippen molar-refractivity contribution >= 4 is 46.6 Å². The standard InChI is InChI=1S/C12H10ClN3O4S/c13-7-1-2-8(17)6(3-7)5-14-16-12-15-11(20)9(21-12)4-10(18)19/h1-3,5,9,17H,4H2,(H,18,19)(H,15,16,20)/b14-5-/t9-/m1/s1. The lowest BCUT2D eigenvalue weighted by molar-refractivity contribution is -0.138. The fourth-order valence-electron chi connectivity index (χ4n) is 1.52. The molecule has 3 N–H and O–H groups in total.